The van der Waals surface area contributed by atoms with Crippen LogP contribution in [-0.2, 0) is 13.5 Å². The molecule has 4 aromatic rings. The van der Waals surface area contributed by atoms with Gasteiger partial charge in [0.15, 0.2) is 0 Å². The van der Waals surface area contributed by atoms with Crippen molar-refractivity contribution in [1.82, 2.24) is 0 Å². The molecule has 0 amide bonds. The van der Waals surface area contributed by atoms with E-state index in [2.05, 4.69) is 62.0 Å². The Morgan fingerprint density at radius 3 is 2.70 bits per heavy atom. The number of nitrogens with zero attached hydrogens (tertiary/aromatic N) is 1. The molecule has 2 aliphatic rings. The molecule has 0 spiro atoms. The highest BCUT2D eigenvalue weighted by atomic mass is 32.1. The maximum atomic E-state index is 6.81. The summed E-state index contributed by atoms with van der Waals surface area (Å²) in [6, 6.07) is 9.15. The molecule has 30 heavy (non-hydrogen) atoms. The van der Waals surface area contributed by atoms with E-state index in [9.17, 15) is 0 Å². The standard InChI is InChI=1S/C27H28NOS/c1-15-11-19-13-16(2)17(3)23-24(19)22(12-15)29-26-21(14-18-7-5-6-8-18)20-9-10-30-27(20)28(4)25(23)26/h9-13,18H,5-8,14H2,1-4H3/q+1. The first-order valence-electron chi connectivity index (χ1n) is 11.2. The molecule has 0 radical (unpaired) electrons. The average molecular weight is 415 g/mol. The van der Waals surface area contributed by atoms with Crippen molar-refractivity contribution in [3.05, 3.63) is 51.9 Å². The second-order valence-electron chi connectivity index (χ2n) is 9.37. The molecule has 1 aliphatic heterocycles. The molecule has 2 aromatic carbocycles. The van der Waals surface area contributed by atoms with Crippen LogP contribution in [0.5, 0.6) is 11.5 Å². The summed E-state index contributed by atoms with van der Waals surface area (Å²) in [5.41, 5.74) is 8.04. The lowest BCUT2D eigenvalue weighted by Crippen LogP contribution is -2.33. The lowest BCUT2D eigenvalue weighted by atomic mass is 9.87. The van der Waals surface area contributed by atoms with Gasteiger partial charge in [-0.1, -0.05) is 49.2 Å². The Hall–Kier alpha value is -2.39. The lowest BCUT2D eigenvalue weighted by molar-refractivity contribution is -0.631. The largest absolute Gasteiger partial charge is 0.449 e. The molecule has 0 N–H and O–H groups in total. The maximum Gasteiger partial charge on any atom is 0.269 e. The molecule has 3 heteroatoms. The Morgan fingerprint density at radius 1 is 1.10 bits per heavy atom. The fourth-order valence-corrected chi connectivity index (χ4v) is 6.68. The van der Waals surface area contributed by atoms with Crippen molar-refractivity contribution in [3.63, 3.8) is 0 Å². The van der Waals surface area contributed by atoms with Crippen molar-refractivity contribution in [2.45, 2.75) is 52.9 Å². The van der Waals surface area contributed by atoms with E-state index in [1.54, 1.807) is 0 Å². The number of rotatable bonds is 2. The lowest BCUT2D eigenvalue weighted by Gasteiger charge is -2.25. The van der Waals surface area contributed by atoms with E-state index >= 15 is 0 Å². The SMILES string of the molecule is Cc1cc2c3c(c(C)c(C)cc3c1)-c1c(c(CC3CCCC3)c3ccsc3[n+]1C)O2. The molecule has 1 fully saturated rings. The zero-order valence-electron chi connectivity index (χ0n) is 18.3. The van der Waals surface area contributed by atoms with Gasteiger partial charge in [-0.3, -0.25) is 0 Å². The maximum absolute atomic E-state index is 6.81. The minimum atomic E-state index is 0.783. The Balaban J connectivity index is 1.74. The van der Waals surface area contributed by atoms with Crippen LogP contribution in [0.2, 0.25) is 0 Å². The van der Waals surface area contributed by atoms with E-state index in [4.69, 9.17) is 4.74 Å². The van der Waals surface area contributed by atoms with Crippen molar-refractivity contribution in [1.29, 1.82) is 0 Å². The quantitative estimate of drug-likeness (QED) is 0.276. The Labute approximate surface area is 182 Å². The Kier molecular flexibility index (Phi) is 4.02. The van der Waals surface area contributed by atoms with Crippen LogP contribution in [-0.4, -0.2) is 0 Å². The molecule has 0 atom stereocenters. The van der Waals surface area contributed by atoms with E-state index in [1.807, 2.05) is 11.3 Å². The van der Waals surface area contributed by atoms with E-state index in [-0.39, 0.29) is 0 Å². The van der Waals surface area contributed by atoms with Crippen LogP contribution in [0, 0.1) is 26.7 Å². The highest BCUT2D eigenvalue weighted by Crippen LogP contribution is 2.51. The molecule has 152 valence electrons. The number of hydrogen-bond acceptors (Lipinski definition) is 2. The number of ether oxygens (including phenoxy) is 1. The van der Waals surface area contributed by atoms with Crippen LogP contribution < -0.4 is 9.30 Å². The van der Waals surface area contributed by atoms with Crippen molar-refractivity contribution >= 4 is 32.3 Å². The molecule has 1 aliphatic carbocycles. The summed E-state index contributed by atoms with van der Waals surface area (Å²) >= 11 is 1.85. The molecule has 2 nitrogen and oxygen atoms in total. The highest BCUT2D eigenvalue weighted by molar-refractivity contribution is 7.16. The number of aryl methyl sites for hydroxylation is 3. The van der Waals surface area contributed by atoms with Crippen LogP contribution in [0.3, 0.4) is 0 Å². The predicted molar refractivity (Wildman–Crippen MR) is 126 cm³/mol. The first kappa shape index (κ1) is 18.4. The highest BCUT2D eigenvalue weighted by Gasteiger charge is 2.35. The number of benzene rings is 2. The summed E-state index contributed by atoms with van der Waals surface area (Å²) in [6.07, 6.45) is 6.59. The zero-order chi connectivity index (χ0) is 20.6. The molecule has 0 bridgehead atoms. The van der Waals surface area contributed by atoms with E-state index in [0.717, 1.165) is 23.8 Å². The number of hydrogen-bond donors (Lipinski definition) is 0. The van der Waals surface area contributed by atoms with E-state index < -0.39 is 0 Å². The minimum absolute atomic E-state index is 0.783. The van der Waals surface area contributed by atoms with Gasteiger partial charge >= 0.3 is 0 Å². The number of pyridine rings is 1. The van der Waals surface area contributed by atoms with Crippen LogP contribution >= 0.6 is 11.3 Å². The second kappa shape index (κ2) is 6.55. The summed E-state index contributed by atoms with van der Waals surface area (Å²) in [6.45, 7) is 6.69. The zero-order valence-corrected chi connectivity index (χ0v) is 19.1. The summed E-state index contributed by atoms with van der Waals surface area (Å²) in [4.78, 5) is 1.36. The van der Waals surface area contributed by atoms with Gasteiger partial charge in [0, 0.05) is 10.9 Å². The number of aromatic nitrogens is 1. The van der Waals surface area contributed by atoms with Gasteiger partial charge in [-0.05, 0) is 72.7 Å². The summed E-state index contributed by atoms with van der Waals surface area (Å²) in [5, 5.41) is 6.18. The molecular weight excluding hydrogens is 386 g/mol. The van der Waals surface area contributed by atoms with Gasteiger partial charge in [0.05, 0.1) is 10.9 Å². The molecular formula is C27H28NOS+. The third-order valence-corrected chi connectivity index (χ3v) is 8.37. The topological polar surface area (TPSA) is 13.1 Å². The number of thiophene rings is 1. The van der Waals surface area contributed by atoms with Gasteiger partial charge in [-0.15, -0.1) is 0 Å². The first-order valence-corrected chi connectivity index (χ1v) is 12.1. The Morgan fingerprint density at radius 2 is 1.90 bits per heavy atom. The monoisotopic (exact) mass is 414 g/mol. The number of fused-ring (bicyclic) bond motifs is 3. The van der Waals surface area contributed by atoms with Gasteiger partial charge in [-0.25, -0.2) is 0 Å². The van der Waals surface area contributed by atoms with Crippen LogP contribution in [0.25, 0.3) is 32.2 Å². The summed E-state index contributed by atoms with van der Waals surface area (Å²) in [7, 11) is 2.22. The van der Waals surface area contributed by atoms with Gasteiger partial charge < -0.3 is 4.74 Å². The smallest absolute Gasteiger partial charge is 0.269 e. The van der Waals surface area contributed by atoms with Crippen LogP contribution in [0.1, 0.15) is 47.9 Å². The molecule has 6 rings (SSSR count). The minimum Gasteiger partial charge on any atom is -0.449 e. The molecule has 3 heterocycles. The molecule has 0 saturated heterocycles. The second-order valence-corrected chi connectivity index (χ2v) is 10.3. The fraction of sp³-hybridized carbons (Fsp3) is 0.370. The normalized spacial score (nSPS) is 15.7. The third kappa shape index (κ3) is 2.51. The fourth-order valence-electron chi connectivity index (χ4n) is 5.78. The third-order valence-electron chi connectivity index (χ3n) is 7.38. The van der Waals surface area contributed by atoms with Crippen molar-refractivity contribution in [2.24, 2.45) is 13.0 Å². The van der Waals surface area contributed by atoms with Crippen molar-refractivity contribution < 1.29 is 9.30 Å². The van der Waals surface area contributed by atoms with Gasteiger partial charge in [0.1, 0.15) is 12.8 Å². The Bertz CT molecular complexity index is 1340. The van der Waals surface area contributed by atoms with Crippen molar-refractivity contribution in [2.75, 3.05) is 0 Å². The van der Waals surface area contributed by atoms with E-state index in [0.29, 0.717) is 0 Å². The molecule has 1 saturated carbocycles. The van der Waals surface area contributed by atoms with Crippen LogP contribution in [0.15, 0.2) is 29.6 Å². The van der Waals surface area contributed by atoms with Gasteiger partial charge in [0.2, 0.25) is 5.75 Å². The van der Waals surface area contributed by atoms with E-state index in [1.165, 1.54) is 80.2 Å². The molecule has 0 unspecified atom stereocenters. The average Bonchev–Trinajstić information content (AvgIpc) is 3.40. The van der Waals surface area contributed by atoms with Gasteiger partial charge in [0.25, 0.3) is 10.5 Å². The van der Waals surface area contributed by atoms with Gasteiger partial charge in [-0.2, -0.15) is 4.57 Å². The molecule has 2 aromatic heterocycles. The van der Waals surface area contributed by atoms with Crippen molar-refractivity contribution in [3.8, 4) is 22.8 Å². The summed E-state index contributed by atoms with van der Waals surface area (Å²) < 4.78 is 9.20. The summed E-state index contributed by atoms with van der Waals surface area (Å²) in [5.74, 6) is 2.91. The predicted octanol–water partition coefficient (Wildman–Crippen LogP) is 7.31. The van der Waals surface area contributed by atoms with Crippen LogP contribution in [0.4, 0.5) is 0 Å². The first-order chi connectivity index (χ1) is 14.5.